The minimum Gasteiger partial charge on any atom is -0.481 e. The number of amides is 1. The van der Waals surface area contributed by atoms with Gasteiger partial charge in [0.05, 0.1) is 5.56 Å². The van der Waals surface area contributed by atoms with Gasteiger partial charge in [0, 0.05) is 44.8 Å². The lowest BCUT2D eigenvalue weighted by atomic mass is 9.97. The van der Waals surface area contributed by atoms with Gasteiger partial charge in [-0.3, -0.25) is 9.59 Å². The highest BCUT2D eigenvalue weighted by Crippen LogP contribution is 2.47. The van der Waals surface area contributed by atoms with Gasteiger partial charge in [-0.1, -0.05) is 13.0 Å². The van der Waals surface area contributed by atoms with Crippen molar-refractivity contribution in [3.63, 3.8) is 0 Å². The molecule has 2 fully saturated rings. The molecule has 3 aliphatic rings. The maximum atomic E-state index is 13.0. The van der Waals surface area contributed by atoms with Gasteiger partial charge < -0.3 is 20.1 Å². The van der Waals surface area contributed by atoms with Crippen LogP contribution in [-0.4, -0.2) is 65.8 Å². The summed E-state index contributed by atoms with van der Waals surface area (Å²) < 4.78 is 44.4. The van der Waals surface area contributed by atoms with Gasteiger partial charge in [0.2, 0.25) is 5.65 Å². The first-order valence-electron chi connectivity index (χ1n) is 12.0. The number of hydrogen-bond donors (Lipinski definition) is 2. The summed E-state index contributed by atoms with van der Waals surface area (Å²) in [5.74, 6) is -0.711. The third-order valence-electron chi connectivity index (χ3n) is 6.43. The van der Waals surface area contributed by atoms with Crippen molar-refractivity contribution in [3.8, 4) is 0 Å². The molecule has 2 atom stereocenters. The average Bonchev–Trinajstić information content (AvgIpc) is 3.26. The molecule has 2 N–H and O–H groups in total. The number of aliphatic carboxylic acids is 1. The Morgan fingerprint density at radius 2 is 1.91 bits per heavy atom. The van der Waals surface area contributed by atoms with E-state index in [9.17, 15) is 22.8 Å². The number of nitrogens with one attached hydrogen (secondary N) is 1. The number of ether oxygens (including phenoxy) is 1. The Morgan fingerprint density at radius 1 is 1.18 bits per heavy atom. The first-order chi connectivity index (χ1) is 16.2. The van der Waals surface area contributed by atoms with Crippen molar-refractivity contribution in [2.24, 2.45) is 0 Å². The number of carboxylic acids is 1. The van der Waals surface area contributed by atoms with Crippen LogP contribution in [0.15, 0.2) is 18.2 Å². The predicted octanol–water partition coefficient (Wildman–Crippen LogP) is 5.08. The van der Waals surface area contributed by atoms with Crippen molar-refractivity contribution in [2.45, 2.75) is 70.3 Å². The van der Waals surface area contributed by atoms with Gasteiger partial charge >= 0.3 is 12.1 Å². The van der Waals surface area contributed by atoms with Gasteiger partial charge in [-0.2, -0.15) is 13.2 Å². The topological polar surface area (TPSA) is 78.9 Å². The summed E-state index contributed by atoms with van der Waals surface area (Å²) >= 11 is 0. The van der Waals surface area contributed by atoms with Gasteiger partial charge in [-0.15, -0.1) is 0 Å². The van der Waals surface area contributed by atoms with Gasteiger partial charge in [0.25, 0.3) is 0 Å². The van der Waals surface area contributed by atoms with Crippen LogP contribution in [0, 0.1) is 0 Å². The number of hydrogen-bond acceptors (Lipinski definition) is 4. The molecule has 1 aromatic carbocycles. The van der Waals surface area contributed by atoms with Crippen molar-refractivity contribution >= 4 is 19.5 Å². The maximum absolute atomic E-state index is 13.0. The SMILES string of the molecule is CCCC(=O)O.O=C(N1CCc2ccc(C(F)(F)F)cc2C1)P1CCC(NC2CCOCC2)C1. The Labute approximate surface area is 200 Å². The van der Waals surface area contributed by atoms with Gasteiger partial charge in [-0.05, 0) is 75.6 Å². The molecule has 0 aliphatic carbocycles. The molecule has 0 spiro atoms. The van der Waals surface area contributed by atoms with E-state index in [1.54, 1.807) is 11.0 Å². The average molecular weight is 503 g/mol. The molecule has 2 saturated heterocycles. The Morgan fingerprint density at radius 3 is 2.53 bits per heavy atom. The third kappa shape index (κ3) is 7.65. The predicted molar refractivity (Wildman–Crippen MR) is 126 cm³/mol. The molecule has 190 valence electrons. The minimum atomic E-state index is -4.35. The van der Waals surface area contributed by atoms with Crippen LogP contribution in [0.5, 0.6) is 0 Å². The summed E-state index contributed by atoms with van der Waals surface area (Å²) in [5.41, 5.74) is 1.10. The zero-order valence-corrected chi connectivity index (χ0v) is 20.5. The van der Waals surface area contributed by atoms with E-state index in [2.05, 4.69) is 5.32 Å². The third-order valence-corrected chi connectivity index (χ3v) is 8.94. The molecule has 0 saturated carbocycles. The fraction of sp³-hybridized carbons (Fsp3) is 0.667. The molecule has 3 aliphatic heterocycles. The second kappa shape index (κ2) is 12.3. The van der Waals surface area contributed by atoms with E-state index in [1.807, 2.05) is 6.92 Å². The number of halogens is 3. The molecular weight excluding hydrogens is 468 g/mol. The van der Waals surface area contributed by atoms with E-state index in [0.717, 1.165) is 62.9 Å². The number of nitrogens with zero attached hydrogens (tertiary/aromatic N) is 1. The summed E-state index contributed by atoms with van der Waals surface area (Å²) in [4.78, 5) is 24.4. The number of rotatable bonds is 5. The molecule has 10 heteroatoms. The second-order valence-corrected chi connectivity index (χ2v) is 11.3. The lowest BCUT2D eigenvalue weighted by molar-refractivity contribution is -0.138. The van der Waals surface area contributed by atoms with E-state index in [0.29, 0.717) is 43.6 Å². The smallest absolute Gasteiger partial charge is 0.416 e. The molecule has 6 nitrogen and oxygen atoms in total. The van der Waals surface area contributed by atoms with Crippen molar-refractivity contribution in [2.75, 3.05) is 32.1 Å². The van der Waals surface area contributed by atoms with E-state index < -0.39 is 25.6 Å². The van der Waals surface area contributed by atoms with Crippen LogP contribution in [0.3, 0.4) is 0 Å². The van der Waals surface area contributed by atoms with Crippen molar-refractivity contribution in [1.29, 1.82) is 0 Å². The molecule has 34 heavy (non-hydrogen) atoms. The quantitative estimate of drug-likeness (QED) is 0.550. The van der Waals surface area contributed by atoms with Crippen molar-refractivity contribution < 1.29 is 32.6 Å². The van der Waals surface area contributed by atoms with Crippen LogP contribution in [0.4, 0.5) is 18.0 Å². The van der Waals surface area contributed by atoms with Gasteiger partial charge in [0.1, 0.15) is 0 Å². The zero-order chi connectivity index (χ0) is 24.7. The summed E-state index contributed by atoms with van der Waals surface area (Å²) in [6.45, 7) is 4.34. The van der Waals surface area contributed by atoms with Crippen LogP contribution < -0.4 is 5.32 Å². The highest BCUT2D eigenvalue weighted by Gasteiger charge is 2.36. The molecule has 1 aromatic rings. The number of benzene rings is 1. The number of carbonyl (C=O) groups is 2. The molecule has 3 heterocycles. The van der Waals surface area contributed by atoms with Gasteiger partial charge in [0.15, 0.2) is 0 Å². The minimum absolute atomic E-state index is 0.161. The van der Waals surface area contributed by atoms with Crippen LogP contribution in [-0.2, 0) is 28.7 Å². The highest BCUT2D eigenvalue weighted by molar-refractivity contribution is 7.74. The number of carboxylic acid groups (broad SMARTS) is 1. The van der Waals surface area contributed by atoms with Crippen molar-refractivity contribution in [3.05, 3.63) is 34.9 Å². The number of alkyl halides is 3. The Kier molecular flexibility index (Phi) is 9.74. The van der Waals surface area contributed by atoms with Crippen LogP contribution in [0.25, 0.3) is 0 Å². The van der Waals surface area contributed by atoms with E-state index in [1.165, 1.54) is 6.07 Å². The van der Waals surface area contributed by atoms with Crippen molar-refractivity contribution in [1.82, 2.24) is 10.2 Å². The van der Waals surface area contributed by atoms with Gasteiger partial charge in [-0.25, -0.2) is 0 Å². The lowest BCUT2D eigenvalue weighted by Crippen LogP contribution is -2.42. The molecule has 0 aromatic heterocycles. The summed E-state index contributed by atoms with van der Waals surface area (Å²) in [5, 5.41) is 11.6. The van der Waals surface area contributed by atoms with Crippen LogP contribution in [0.2, 0.25) is 0 Å². The van der Waals surface area contributed by atoms with E-state index in [-0.39, 0.29) is 5.65 Å². The maximum Gasteiger partial charge on any atom is 0.416 e. The Hall–Kier alpha value is -1.70. The molecular formula is C24H34F3N2O4P. The Bertz CT molecular complexity index is 846. The van der Waals surface area contributed by atoms with Crippen LogP contribution in [0.1, 0.15) is 55.7 Å². The van der Waals surface area contributed by atoms with E-state index in [4.69, 9.17) is 9.84 Å². The number of carbonyl (C=O) groups excluding carboxylic acids is 1. The van der Waals surface area contributed by atoms with Crippen LogP contribution >= 0.6 is 7.92 Å². The molecule has 0 radical (unpaired) electrons. The molecule has 4 rings (SSSR count). The highest BCUT2D eigenvalue weighted by atomic mass is 31.1. The number of fused-ring (bicyclic) bond motifs is 1. The van der Waals surface area contributed by atoms with E-state index >= 15 is 0 Å². The lowest BCUT2D eigenvalue weighted by Gasteiger charge is -2.31. The second-order valence-electron chi connectivity index (χ2n) is 9.06. The monoisotopic (exact) mass is 502 g/mol. The molecule has 2 unspecified atom stereocenters. The Balaban J connectivity index is 0.000000481. The zero-order valence-electron chi connectivity index (χ0n) is 19.6. The summed E-state index contributed by atoms with van der Waals surface area (Å²) in [6.07, 6.45) is 2.16. The fourth-order valence-corrected chi connectivity index (χ4v) is 7.12. The first-order valence-corrected chi connectivity index (χ1v) is 13.7. The largest absolute Gasteiger partial charge is 0.481 e. The standard InChI is InChI=1S/C20H26F3N2O2P.C4H8O2/c21-20(22,23)16-2-1-14-3-7-25(12-15(14)11-16)19(26)28-10-6-18(13-28)24-17-4-8-27-9-5-17;1-2-3-4(5)6/h1-2,11,17-18,24H,3-10,12-13H2;2-3H2,1H3,(H,5,6). The first kappa shape index (κ1) is 26.9. The summed E-state index contributed by atoms with van der Waals surface area (Å²) in [7, 11) is -0.744. The fourth-order valence-electron chi connectivity index (χ4n) is 4.58. The molecule has 0 bridgehead atoms. The normalized spacial score (nSPS) is 23.1. The molecule has 1 amide bonds. The summed E-state index contributed by atoms with van der Waals surface area (Å²) in [6, 6.07) is 4.78.